The molecule has 2 aromatic carbocycles. The molecule has 2 aromatic rings. The summed E-state index contributed by atoms with van der Waals surface area (Å²) in [6.45, 7) is 1.91. The van der Waals surface area contributed by atoms with Crippen LogP contribution in [-0.2, 0) is 4.79 Å². The van der Waals surface area contributed by atoms with E-state index in [-0.39, 0.29) is 11.1 Å². The number of thioether (sulfide) groups is 1. The predicted octanol–water partition coefficient (Wildman–Crippen LogP) is 4.94. The number of carbonyl (C=O) groups excluding carboxylic acids is 2. The lowest BCUT2D eigenvalue weighted by molar-refractivity contribution is -0.116. The number of nitrogens with one attached hydrogen (secondary N) is 1. The number of hydrogen-bond acceptors (Lipinski definition) is 4. The second kappa shape index (κ2) is 6.43. The SMILES string of the molecule is Cc1cccc(N2C(=O)SC(Nc3ccc(Cl)cc3Cl)C2=O)c1. The lowest BCUT2D eigenvalue weighted by Gasteiger charge is -2.16. The van der Waals surface area contributed by atoms with Crippen LogP contribution >= 0.6 is 35.0 Å². The summed E-state index contributed by atoms with van der Waals surface area (Å²) in [6.07, 6.45) is 0. The van der Waals surface area contributed by atoms with Gasteiger partial charge in [0.2, 0.25) is 0 Å². The molecule has 7 heteroatoms. The van der Waals surface area contributed by atoms with Crippen LogP contribution in [0.2, 0.25) is 10.0 Å². The van der Waals surface area contributed by atoms with Crippen molar-refractivity contribution in [2.45, 2.75) is 12.3 Å². The summed E-state index contributed by atoms with van der Waals surface area (Å²) in [5, 5.41) is 2.85. The number of carbonyl (C=O) groups is 2. The second-order valence-electron chi connectivity index (χ2n) is 5.04. The van der Waals surface area contributed by atoms with Crippen molar-refractivity contribution in [3.05, 3.63) is 58.1 Å². The molecule has 1 fully saturated rings. The molecule has 23 heavy (non-hydrogen) atoms. The molecule has 0 aliphatic carbocycles. The van der Waals surface area contributed by atoms with Crippen molar-refractivity contribution < 1.29 is 9.59 Å². The molecule has 0 aromatic heterocycles. The van der Waals surface area contributed by atoms with E-state index in [0.29, 0.717) is 21.4 Å². The van der Waals surface area contributed by atoms with E-state index in [1.807, 2.05) is 19.1 Å². The van der Waals surface area contributed by atoms with Crippen LogP contribution in [0.5, 0.6) is 0 Å². The summed E-state index contributed by atoms with van der Waals surface area (Å²) in [5.41, 5.74) is 2.10. The van der Waals surface area contributed by atoms with Crippen LogP contribution in [-0.4, -0.2) is 16.5 Å². The van der Waals surface area contributed by atoms with Gasteiger partial charge in [-0.1, -0.05) is 35.3 Å². The first kappa shape index (κ1) is 16.2. The van der Waals surface area contributed by atoms with E-state index in [9.17, 15) is 9.59 Å². The summed E-state index contributed by atoms with van der Waals surface area (Å²) in [5.74, 6) is -0.323. The highest BCUT2D eigenvalue weighted by Crippen LogP contribution is 2.34. The van der Waals surface area contributed by atoms with Crippen LogP contribution in [0.25, 0.3) is 0 Å². The molecule has 0 bridgehead atoms. The zero-order valence-electron chi connectivity index (χ0n) is 12.0. The lowest BCUT2D eigenvalue weighted by Crippen LogP contribution is -2.34. The van der Waals surface area contributed by atoms with Crippen molar-refractivity contribution in [2.24, 2.45) is 0 Å². The van der Waals surface area contributed by atoms with Crippen LogP contribution in [0.15, 0.2) is 42.5 Å². The van der Waals surface area contributed by atoms with Gasteiger partial charge < -0.3 is 5.32 Å². The first-order valence-electron chi connectivity index (χ1n) is 6.78. The molecule has 1 aliphatic heterocycles. The van der Waals surface area contributed by atoms with Gasteiger partial charge in [0.25, 0.3) is 11.1 Å². The minimum absolute atomic E-state index is 0.316. The Balaban J connectivity index is 1.84. The molecule has 1 heterocycles. The van der Waals surface area contributed by atoms with Crippen molar-refractivity contribution >= 4 is 57.5 Å². The molecule has 118 valence electrons. The van der Waals surface area contributed by atoms with Gasteiger partial charge in [-0.2, -0.15) is 0 Å². The Bertz CT molecular complexity index is 797. The van der Waals surface area contributed by atoms with E-state index in [1.54, 1.807) is 30.3 Å². The molecule has 0 radical (unpaired) electrons. The summed E-state index contributed by atoms with van der Waals surface area (Å²) < 4.78 is 0. The largest absolute Gasteiger partial charge is 0.364 e. The minimum Gasteiger partial charge on any atom is -0.364 e. The van der Waals surface area contributed by atoms with Crippen LogP contribution in [0, 0.1) is 6.92 Å². The van der Waals surface area contributed by atoms with E-state index < -0.39 is 5.37 Å². The first-order chi connectivity index (χ1) is 11.0. The summed E-state index contributed by atoms with van der Waals surface area (Å²) >= 11 is 12.9. The zero-order valence-corrected chi connectivity index (χ0v) is 14.4. The van der Waals surface area contributed by atoms with E-state index in [1.165, 1.54) is 4.90 Å². The van der Waals surface area contributed by atoms with Gasteiger partial charge in [0, 0.05) is 5.02 Å². The Morgan fingerprint density at radius 1 is 1.13 bits per heavy atom. The average molecular weight is 367 g/mol. The maximum atomic E-state index is 12.6. The molecule has 2 amide bonds. The lowest BCUT2D eigenvalue weighted by atomic mass is 10.2. The molecule has 0 saturated carbocycles. The number of rotatable bonds is 3. The van der Waals surface area contributed by atoms with Crippen LogP contribution < -0.4 is 10.2 Å². The highest BCUT2D eigenvalue weighted by Gasteiger charge is 2.40. The van der Waals surface area contributed by atoms with Crippen LogP contribution in [0.3, 0.4) is 0 Å². The first-order valence-corrected chi connectivity index (χ1v) is 8.42. The monoisotopic (exact) mass is 366 g/mol. The Hall–Kier alpha value is -1.69. The number of nitrogens with zero attached hydrogens (tertiary/aromatic N) is 1. The molecule has 1 atom stereocenters. The fourth-order valence-corrected chi connectivity index (χ4v) is 3.61. The van der Waals surface area contributed by atoms with Gasteiger partial charge in [-0.25, -0.2) is 4.90 Å². The average Bonchev–Trinajstić information content (AvgIpc) is 2.76. The van der Waals surface area contributed by atoms with Crippen LogP contribution in [0.1, 0.15) is 5.56 Å². The number of anilines is 2. The highest BCUT2D eigenvalue weighted by atomic mass is 35.5. The fourth-order valence-electron chi connectivity index (χ4n) is 2.25. The maximum Gasteiger partial charge on any atom is 0.295 e. The molecular weight excluding hydrogens is 355 g/mol. The molecule has 3 rings (SSSR count). The number of halogens is 2. The predicted molar refractivity (Wildman–Crippen MR) is 95.5 cm³/mol. The number of benzene rings is 2. The van der Waals surface area contributed by atoms with Crippen molar-refractivity contribution in [3.8, 4) is 0 Å². The third-order valence-corrected chi connectivity index (χ3v) is 4.81. The Kier molecular flexibility index (Phi) is 4.53. The molecule has 1 unspecified atom stereocenters. The van der Waals surface area contributed by atoms with E-state index in [2.05, 4.69) is 5.32 Å². The van der Waals surface area contributed by atoms with Crippen molar-refractivity contribution in [3.63, 3.8) is 0 Å². The van der Waals surface area contributed by atoms with Gasteiger partial charge in [-0.05, 0) is 54.6 Å². The third-order valence-electron chi connectivity index (χ3n) is 3.32. The zero-order chi connectivity index (χ0) is 16.6. The Morgan fingerprint density at radius 2 is 1.91 bits per heavy atom. The summed E-state index contributed by atoms with van der Waals surface area (Å²) in [6, 6.07) is 12.2. The third kappa shape index (κ3) is 3.32. The van der Waals surface area contributed by atoms with E-state index >= 15 is 0 Å². The smallest absolute Gasteiger partial charge is 0.295 e. The Labute approximate surface area is 147 Å². The number of imide groups is 1. The molecule has 0 spiro atoms. The molecule has 1 saturated heterocycles. The van der Waals surface area contributed by atoms with Gasteiger partial charge in [0.05, 0.1) is 16.4 Å². The number of hydrogen-bond donors (Lipinski definition) is 1. The van der Waals surface area contributed by atoms with Crippen molar-refractivity contribution in [1.82, 2.24) is 0 Å². The van der Waals surface area contributed by atoms with E-state index in [0.717, 1.165) is 17.3 Å². The van der Waals surface area contributed by atoms with Gasteiger partial charge in [0.15, 0.2) is 5.37 Å². The minimum atomic E-state index is -0.721. The Morgan fingerprint density at radius 3 is 2.61 bits per heavy atom. The molecule has 4 nitrogen and oxygen atoms in total. The van der Waals surface area contributed by atoms with Gasteiger partial charge >= 0.3 is 0 Å². The molecule has 1 aliphatic rings. The van der Waals surface area contributed by atoms with Gasteiger partial charge in [-0.3, -0.25) is 9.59 Å². The quantitative estimate of drug-likeness (QED) is 0.835. The van der Waals surface area contributed by atoms with Crippen LogP contribution in [0.4, 0.5) is 16.2 Å². The molecular formula is C16H12Cl2N2O2S. The normalized spacial score (nSPS) is 17.7. The maximum absolute atomic E-state index is 12.6. The standard InChI is InChI=1S/C16H12Cl2N2O2S/c1-9-3-2-4-11(7-9)20-15(21)14(23-16(20)22)19-13-6-5-10(17)8-12(13)18/h2-8,14,19H,1H3. The highest BCUT2D eigenvalue weighted by molar-refractivity contribution is 8.16. The summed E-state index contributed by atoms with van der Waals surface area (Å²) in [4.78, 5) is 26.0. The molecule has 1 N–H and O–H groups in total. The number of amides is 2. The van der Waals surface area contributed by atoms with E-state index in [4.69, 9.17) is 23.2 Å². The summed E-state index contributed by atoms with van der Waals surface area (Å²) in [7, 11) is 0. The van der Waals surface area contributed by atoms with Crippen molar-refractivity contribution in [2.75, 3.05) is 10.2 Å². The fraction of sp³-hybridized carbons (Fsp3) is 0.125. The van der Waals surface area contributed by atoms with Gasteiger partial charge in [0.1, 0.15) is 0 Å². The second-order valence-corrected chi connectivity index (χ2v) is 6.94. The topological polar surface area (TPSA) is 49.4 Å². The number of aryl methyl sites for hydroxylation is 1. The van der Waals surface area contributed by atoms with Gasteiger partial charge in [-0.15, -0.1) is 0 Å². The van der Waals surface area contributed by atoms with Crippen molar-refractivity contribution in [1.29, 1.82) is 0 Å².